The highest BCUT2D eigenvalue weighted by molar-refractivity contribution is 6.00. The number of esters is 2. The molecule has 1 rings (SSSR count). The standard InChI is InChI=1S/C11H17FO4/c1-3-15-9(13)11(10(14)16-4-2)6-5-8(12)7-11/h8H,3-7H2,1-2H3/t8-/m0/s1/i5D/t5-,8-. The van der Waals surface area contributed by atoms with Crippen LogP contribution in [0.5, 0.6) is 0 Å². The summed E-state index contributed by atoms with van der Waals surface area (Å²) in [5.74, 6) is -1.56. The summed E-state index contributed by atoms with van der Waals surface area (Å²) in [7, 11) is 0. The number of ether oxygens (including phenoxy) is 2. The fourth-order valence-electron chi connectivity index (χ4n) is 1.78. The van der Waals surface area contributed by atoms with E-state index in [-0.39, 0.29) is 26.1 Å². The van der Waals surface area contributed by atoms with Crippen molar-refractivity contribution in [3.05, 3.63) is 0 Å². The summed E-state index contributed by atoms with van der Waals surface area (Å²) in [5, 5.41) is 0. The minimum atomic E-state index is -1.63. The maximum Gasteiger partial charge on any atom is 0.323 e. The summed E-state index contributed by atoms with van der Waals surface area (Å²) in [5.41, 5.74) is -1.63. The molecule has 0 heterocycles. The Morgan fingerprint density at radius 1 is 1.38 bits per heavy atom. The largest absolute Gasteiger partial charge is 0.465 e. The zero-order valence-corrected chi connectivity index (χ0v) is 9.49. The third kappa shape index (κ3) is 2.33. The molecule has 0 unspecified atom stereocenters. The number of hydrogen-bond donors (Lipinski definition) is 0. The summed E-state index contributed by atoms with van der Waals surface area (Å²) in [6.45, 7) is 3.44. The normalized spacial score (nSPS) is 28.3. The molecule has 0 N–H and O–H groups in total. The second-order valence-corrected chi connectivity index (χ2v) is 3.68. The number of halogens is 1. The molecule has 1 aliphatic carbocycles. The molecule has 1 saturated carbocycles. The molecular formula is C11H17FO4. The molecular weight excluding hydrogens is 215 g/mol. The van der Waals surface area contributed by atoms with Crippen molar-refractivity contribution in [3.63, 3.8) is 0 Å². The minimum Gasteiger partial charge on any atom is -0.465 e. The molecule has 0 spiro atoms. The van der Waals surface area contributed by atoms with Gasteiger partial charge in [0.15, 0.2) is 5.41 Å². The van der Waals surface area contributed by atoms with Gasteiger partial charge in [-0.25, -0.2) is 4.39 Å². The van der Waals surface area contributed by atoms with Crippen molar-refractivity contribution in [2.75, 3.05) is 13.2 Å². The first-order valence-electron chi connectivity index (χ1n) is 5.96. The summed E-state index contributed by atoms with van der Waals surface area (Å²) in [6.07, 6.45) is -3.07. The van der Waals surface area contributed by atoms with Crippen LogP contribution in [0.15, 0.2) is 0 Å². The Morgan fingerprint density at radius 2 is 1.88 bits per heavy atom. The Bertz CT molecular complexity index is 278. The zero-order chi connectivity index (χ0) is 13.1. The molecule has 16 heavy (non-hydrogen) atoms. The van der Waals surface area contributed by atoms with Gasteiger partial charge in [-0.3, -0.25) is 9.59 Å². The molecule has 5 heteroatoms. The molecule has 0 aromatic heterocycles. The quantitative estimate of drug-likeness (QED) is 0.547. The van der Waals surface area contributed by atoms with Gasteiger partial charge in [0.25, 0.3) is 0 Å². The Kier molecular flexibility index (Phi) is 3.74. The average molecular weight is 233 g/mol. The lowest BCUT2D eigenvalue weighted by atomic mass is 9.86. The monoisotopic (exact) mass is 233 g/mol. The van der Waals surface area contributed by atoms with Crippen LogP contribution < -0.4 is 0 Å². The van der Waals surface area contributed by atoms with Crippen LogP contribution in [0, 0.1) is 5.41 Å². The van der Waals surface area contributed by atoms with Gasteiger partial charge in [-0.2, -0.15) is 0 Å². The minimum absolute atomic E-state index is 0.111. The maximum absolute atomic E-state index is 13.4. The lowest BCUT2D eigenvalue weighted by molar-refractivity contribution is -0.171. The van der Waals surface area contributed by atoms with Crippen molar-refractivity contribution in [1.82, 2.24) is 0 Å². The summed E-state index contributed by atoms with van der Waals surface area (Å²) >= 11 is 0. The zero-order valence-electron chi connectivity index (χ0n) is 10.5. The van der Waals surface area contributed by atoms with Gasteiger partial charge >= 0.3 is 11.9 Å². The number of carbonyl (C=O) groups is 2. The van der Waals surface area contributed by atoms with Gasteiger partial charge < -0.3 is 9.47 Å². The first kappa shape index (κ1) is 11.4. The van der Waals surface area contributed by atoms with Crippen molar-refractivity contribution >= 4 is 11.9 Å². The van der Waals surface area contributed by atoms with Gasteiger partial charge in [0, 0.05) is 7.79 Å². The van der Waals surface area contributed by atoms with Crippen molar-refractivity contribution in [2.24, 2.45) is 5.41 Å². The van der Waals surface area contributed by atoms with Crippen LogP contribution in [0.4, 0.5) is 4.39 Å². The topological polar surface area (TPSA) is 52.6 Å². The summed E-state index contributed by atoms with van der Waals surface area (Å²) in [6, 6.07) is 0. The predicted molar refractivity (Wildman–Crippen MR) is 54.4 cm³/mol. The van der Waals surface area contributed by atoms with Crippen LogP contribution in [0.2, 0.25) is 0 Å². The molecule has 0 bridgehead atoms. The SMILES string of the molecule is [2H][C@H]1CC(C(=O)OCC)(C(=O)OCC)C[C@H]1F. The number of rotatable bonds is 4. The van der Waals surface area contributed by atoms with E-state index < -0.39 is 29.9 Å². The average Bonchev–Trinajstić information content (AvgIpc) is 2.57. The van der Waals surface area contributed by atoms with E-state index in [1.54, 1.807) is 13.8 Å². The smallest absolute Gasteiger partial charge is 0.323 e. The van der Waals surface area contributed by atoms with Crippen LogP contribution in [-0.4, -0.2) is 31.3 Å². The second-order valence-electron chi connectivity index (χ2n) is 3.68. The Morgan fingerprint density at radius 3 is 2.19 bits per heavy atom. The van der Waals surface area contributed by atoms with E-state index in [1.807, 2.05) is 0 Å². The lowest BCUT2D eigenvalue weighted by Gasteiger charge is -2.23. The predicted octanol–water partition coefficient (Wildman–Crippen LogP) is 1.62. The van der Waals surface area contributed by atoms with Gasteiger partial charge in [-0.1, -0.05) is 0 Å². The van der Waals surface area contributed by atoms with Gasteiger partial charge in [0.1, 0.15) is 6.17 Å². The van der Waals surface area contributed by atoms with Crippen molar-refractivity contribution in [3.8, 4) is 0 Å². The van der Waals surface area contributed by atoms with E-state index in [9.17, 15) is 14.0 Å². The number of carbonyl (C=O) groups excluding carboxylic acids is 2. The lowest BCUT2D eigenvalue weighted by Crippen LogP contribution is -2.40. The first-order chi connectivity index (χ1) is 7.97. The Hall–Kier alpha value is -1.13. The van der Waals surface area contributed by atoms with Crippen molar-refractivity contribution in [1.29, 1.82) is 0 Å². The molecule has 0 aromatic carbocycles. The Balaban J connectivity index is 2.94. The first-order valence-corrected chi connectivity index (χ1v) is 5.38. The molecule has 2 atom stereocenters. The van der Waals surface area contributed by atoms with Gasteiger partial charge in [-0.15, -0.1) is 0 Å². The van der Waals surface area contributed by atoms with Gasteiger partial charge in [0.05, 0.1) is 13.2 Å². The van der Waals surface area contributed by atoms with E-state index in [4.69, 9.17) is 10.8 Å². The van der Waals surface area contributed by atoms with E-state index in [2.05, 4.69) is 0 Å². The van der Waals surface area contributed by atoms with Crippen molar-refractivity contribution < 1.29 is 24.8 Å². The molecule has 4 nitrogen and oxygen atoms in total. The van der Waals surface area contributed by atoms with Crippen LogP contribution in [0.3, 0.4) is 0 Å². The highest BCUT2D eigenvalue weighted by Crippen LogP contribution is 2.42. The fourth-order valence-corrected chi connectivity index (χ4v) is 1.78. The fraction of sp³-hybridized carbons (Fsp3) is 0.818. The molecule has 0 aliphatic heterocycles. The van der Waals surface area contributed by atoms with E-state index >= 15 is 0 Å². The van der Waals surface area contributed by atoms with Gasteiger partial charge in [-0.05, 0) is 26.7 Å². The molecule has 0 radical (unpaired) electrons. The Labute approximate surface area is 95.5 Å². The third-order valence-electron chi connectivity index (χ3n) is 2.60. The molecule has 0 amide bonds. The molecule has 92 valence electrons. The molecule has 0 saturated heterocycles. The number of hydrogen-bond acceptors (Lipinski definition) is 4. The van der Waals surface area contributed by atoms with E-state index in [0.29, 0.717) is 0 Å². The molecule has 0 aromatic rings. The maximum atomic E-state index is 13.4. The highest BCUT2D eigenvalue weighted by atomic mass is 19.1. The highest BCUT2D eigenvalue weighted by Gasteiger charge is 2.54. The molecule has 1 aliphatic rings. The summed E-state index contributed by atoms with van der Waals surface area (Å²) < 4.78 is 30.5. The second kappa shape index (κ2) is 5.27. The van der Waals surface area contributed by atoms with Crippen LogP contribution in [0.25, 0.3) is 0 Å². The van der Waals surface area contributed by atoms with Gasteiger partial charge in [0.2, 0.25) is 0 Å². The molecule has 1 fully saturated rings. The van der Waals surface area contributed by atoms with Crippen molar-refractivity contribution in [2.45, 2.75) is 39.3 Å². The van der Waals surface area contributed by atoms with Crippen LogP contribution in [0.1, 0.15) is 34.5 Å². The van der Waals surface area contributed by atoms with E-state index in [1.165, 1.54) is 0 Å². The summed E-state index contributed by atoms with van der Waals surface area (Å²) in [4.78, 5) is 23.6. The van der Waals surface area contributed by atoms with Crippen LogP contribution in [-0.2, 0) is 19.1 Å². The number of alkyl halides is 1. The third-order valence-corrected chi connectivity index (χ3v) is 2.60. The van der Waals surface area contributed by atoms with E-state index in [0.717, 1.165) is 0 Å². The van der Waals surface area contributed by atoms with Crippen LogP contribution >= 0.6 is 0 Å².